The van der Waals surface area contributed by atoms with Gasteiger partial charge in [-0.05, 0) is 25.0 Å². The second-order valence-corrected chi connectivity index (χ2v) is 6.01. The van der Waals surface area contributed by atoms with E-state index in [9.17, 15) is 18.4 Å². The molecule has 2 aromatic rings. The first kappa shape index (κ1) is 17.1. The summed E-state index contributed by atoms with van der Waals surface area (Å²) in [4.78, 5) is 24.0. The summed E-state index contributed by atoms with van der Waals surface area (Å²) in [6, 6.07) is 4.87. The van der Waals surface area contributed by atoms with Crippen LogP contribution in [0.15, 0.2) is 24.3 Å². The van der Waals surface area contributed by atoms with E-state index in [2.05, 4.69) is 15.7 Å². The summed E-state index contributed by atoms with van der Waals surface area (Å²) in [5.74, 6) is -3.03. The Balaban J connectivity index is 1.60. The summed E-state index contributed by atoms with van der Waals surface area (Å²) in [6.07, 6.45) is 1.09. The second kappa shape index (κ2) is 6.62. The average molecular weight is 348 g/mol. The number of nitrogens with zero attached hydrogens (tertiary/aromatic N) is 2. The fourth-order valence-electron chi connectivity index (χ4n) is 2.76. The number of aromatic nitrogens is 2. The summed E-state index contributed by atoms with van der Waals surface area (Å²) in [5, 5.41) is 9.15. The molecule has 8 heteroatoms. The van der Waals surface area contributed by atoms with Gasteiger partial charge < -0.3 is 10.6 Å². The van der Waals surface area contributed by atoms with Crippen molar-refractivity contribution in [1.29, 1.82) is 0 Å². The van der Waals surface area contributed by atoms with Gasteiger partial charge in [0.2, 0.25) is 0 Å². The van der Waals surface area contributed by atoms with E-state index in [1.807, 2.05) is 6.92 Å². The number of rotatable bonds is 4. The van der Waals surface area contributed by atoms with Crippen LogP contribution in [0.5, 0.6) is 0 Å². The molecule has 1 aromatic heterocycles. The van der Waals surface area contributed by atoms with Crippen LogP contribution < -0.4 is 10.6 Å². The molecule has 1 heterocycles. The van der Waals surface area contributed by atoms with Crippen LogP contribution in [-0.4, -0.2) is 27.6 Å². The highest BCUT2D eigenvalue weighted by Gasteiger charge is 2.43. The van der Waals surface area contributed by atoms with Gasteiger partial charge in [-0.3, -0.25) is 14.3 Å². The van der Waals surface area contributed by atoms with Crippen LogP contribution in [0.3, 0.4) is 0 Å². The lowest BCUT2D eigenvalue weighted by molar-refractivity contribution is -0.136. The highest BCUT2D eigenvalue weighted by molar-refractivity contribution is 6.39. The number of hydrogen-bond donors (Lipinski definition) is 2. The molecule has 1 aliphatic rings. The monoisotopic (exact) mass is 348 g/mol. The first-order valence-electron chi connectivity index (χ1n) is 7.99. The summed E-state index contributed by atoms with van der Waals surface area (Å²) in [6.45, 7) is 1.93. The molecular weight excluding hydrogens is 330 g/mol. The first-order chi connectivity index (χ1) is 11.9. The first-order valence-corrected chi connectivity index (χ1v) is 7.99. The molecule has 0 unspecified atom stereocenters. The minimum absolute atomic E-state index is 0.0487. The Morgan fingerprint density at radius 1 is 1.28 bits per heavy atom. The van der Waals surface area contributed by atoms with Crippen LogP contribution >= 0.6 is 0 Å². The van der Waals surface area contributed by atoms with E-state index in [0.717, 1.165) is 5.69 Å². The molecule has 1 saturated carbocycles. The third kappa shape index (κ3) is 3.52. The van der Waals surface area contributed by atoms with Gasteiger partial charge in [0.25, 0.3) is 0 Å². The van der Waals surface area contributed by atoms with Gasteiger partial charge in [-0.25, -0.2) is 8.78 Å². The molecule has 6 nitrogen and oxygen atoms in total. The van der Waals surface area contributed by atoms with Gasteiger partial charge in [0, 0.05) is 30.6 Å². The quantitative estimate of drug-likeness (QED) is 0.829. The molecule has 2 atom stereocenters. The Kier molecular flexibility index (Phi) is 4.52. The predicted octanol–water partition coefficient (Wildman–Crippen LogP) is 1.87. The van der Waals surface area contributed by atoms with Gasteiger partial charge in [-0.2, -0.15) is 5.10 Å². The van der Waals surface area contributed by atoms with Crippen LogP contribution in [0.2, 0.25) is 0 Å². The molecular formula is C17H18F2N4O2. The number of carbonyl (C=O) groups is 2. The molecule has 1 aromatic carbocycles. The van der Waals surface area contributed by atoms with Gasteiger partial charge >= 0.3 is 11.8 Å². The molecule has 0 bridgehead atoms. The number of benzene rings is 1. The SMILES string of the molecule is CCc1cc(NC(=O)C(=O)N[C@H]2C[C@H]2c2c(F)cccc2F)n(C)n1. The van der Waals surface area contributed by atoms with Crippen molar-refractivity contribution in [3.63, 3.8) is 0 Å². The number of halogens is 2. The highest BCUT2D eigenvalue weighted by Crippen LogP contribution is 2.43. The molecule has 0 spiro atoms. The number of nitrogens with one attached hydrogen (secondary N) is 2. The maximum absolute atomic E-state index is 13.7. The molecule has 0 radical (unpaired) electrons. The van der Waals surface area contributed by atoms with Crippen molar-refractivity contribution in [3.05, 3.63) is 47.2 Å². The summed E-state index contributed by atoms with van der Waals surface area (Å²) < 4.78 is 28.9. The lowest BCUT2D eigenvalue weighted by Crippen LogP contribution is -2.37. The number of carbonyl (C=O) groups excluding carboxylic acids is 2. The lowest BCUT2D eigenvalue weighted by Gasteiger charge is -2.07. The smallest absolute Gasteiger partial charge is 0.314 e. The zero-order valence-electron chi connectivity index (χ0n) is 13.8. The Labute approximate surface area is 143 Å². The van der Waals surface area contributed by atoms with Crippen LogP contribution in [0, 0.1) is 11.6 Å². The van der Waals surface area contributed by atoms with Gasteiger partial charge in [-0.1, -0.05) is 13.0 Å². The summed E-state index contributed by atoms with van der Waals surface area (Å²) in [7, 11) is 1.66. The molecule has 1 aliphatic carbocycles. The van der Waals surface area contributed by atoms with E-state index in [1.54, 1.807) is 13.1 Å². The van der Waals surface area contributed by atoms with Gasteiger partial charge in [0.1, 0.15) is 17.5 Å². The van der Waals surface area contributed by atoms with Crippen LogP contribution in [-0.2, 0) is 23.1 Å². The van der Waals surface area contributed by atoms with E-state index in [4.69, 9.17) is 0 Å². The van der Waals surface area contributed by atoms with Gasteiger partial charge in [-0.15, -0.1) is 0 Å². The van der Waals surface area contributed by atoms with Gasteiger partial charge in [0.05, 0.1) is 5.69 Å². The van der Waals surface area contributed by atoms with Gasteiger partial charge in [0.15, 0.2) is 0 Å². The highest BCUT2D eigenvalue weighted by atomic mass is 19.1. The van der Waals surface area contributed by atoms with Crippen molar-refractivity contribution in [2.24, 2.45) is 7.05 Å². The van der Waals surface area contributed by atoms with Crippen LogP contribution in [0.1, 0.15) is 30.5 Å². The Morgan fingerprint density at radius 2 is 1.96 bits per heavy atom. The van der Waals surface area contributed by atoms with Crippen molar-refractivity contribution in [2.75, 3.05) is 5.32 Å². The zero-order valence-corrected chi connectivity index (χ0v) is 13.8. The van der Waals surface area contributed by atoms with Crippen molar-refractivity contribution < 1.29 is 18.4 Å². The standard InChI is InChI=1S/C17H18F2N4O2/c1-3-9-7-14(23(2)22-9)21-17(25)16(24)20-13-8-10(13)15-11(18)5-4-6-12(15)19/h4-7,10,13H,3,8H2,1-2H3,(H,20,24)(H,21,25)/t10-,13+/m1/s1. The topological polar surface area (TPSA) is 76.0 Å². The third-order valence-corrected chi connectivity index (χ3v) is 4.22. The molecule has 2 amide bonds. The maximum atomic E-state index is 13.7. The Hall–Kier alpha value is -2.77. The molecule has 1 fully saturated rings. The van der Waals surface area contributed by atoms with E-state index < -0.39 is 35.4 Å². The van der Waals surface area contributed by atoms with E-state index in [0.29, 0.717) is 18.7 Å². The molecule has 0 saturated heterocycles. The third-order valence-electron chi connectivity index (χ3n) is 4.22. The van der Waals surface area contributed by atoms with E-state index >= 15 is 0 Å². The fourth-order valence-corrected chi connectivity index (χ4v) is 2.76. The molecule has 2 N–H and O–H groups in total. The average Bonchev–Trinajstić information content (AvgIpc) is 3.21. The number of hydrogen-bond acceptors (Lipinski definition) is 3. The minimum atomic E-state index is -0.844. The fraction of sp³-hybridized carbons (Fsp3) is 0.353. The number of amides is 2. The van der Waals surface area contributed by atoms with Crippen molar-refractivity contribution in [1.82, 2.24) is 15.1 Å². The van der Waals surface area contributed by atoms with Crippen LogP contribution in [0.4, 0.5) is 14.6 Å². The minimum Gasteiger partial charge on any atom is -0.344 e. The normalized spacial score (nSPS) is 18.7. The lowest BCUT2D eigenvalue weighted by atomic mass is 10.1. The Bertz CT molecular complexity index is 814. The van der Waals surface area contributed by atoms with Crippen molar-refractivity contribution in [2.45, 2.75) is 31.7 Å². The molecule has 25 heavy (non-hydrogen) atoms. The number of aryl methyl sites for hydroxylation is 2. The molecule has 0 aliphatic heterocycles. The zero-order chi connectivity index (χ0) is 18.1. The van der Waals surface area contributed by atoms with Crippen molar-refractivity contribution in [3.8, 4) is 0 Å². The maximum Gasteiger partial charge on any atom is 0.314 e. The molecule has 132 valence electrons. The van der Waals surface area contributed by atoms with Crippen molar-refractivity contribution >= 4 is 17.6 Å². The van der Waals surface area contributed by atoms with Crippen LogP contribution in [0.25, 0.3) is 0 Å². The largest absolute Gasteiger partial charge is 0.344 e. The predicted molar refractivity (Wildman–Crippen MR) is 86.9 cm³/mol. The van der Waals surface area contributed by atoms with E-state index in [-0.39, 0.29) is 5.56 Å². The van der Waals surface area contributed by atoms with E-state index in [1.165, 1.54) is 22.9 Å². The number of anilines is 1. The second-order valence-electron chi connectivity index (χ2n) is 6.01. The summed E-state index contributed by atoms with van der Waals surface area (Å²) in [5.41, 5.74) is 0.739. The summed E-state index contributed by atoms with van der Waals surface area (Å²) >= 11 is 0. The Morgan fingerprint density at radius 3 is 2.56 bits per heavy atom. The molecule has 3 rings (SSSR count).